The molecule has 1 aliphatic rings. The summed E-state index contributed by atoms with van der Waals surface area (Å²) in [7, 11) is 1.86. The summed E-state index contributed by atoms with van der Waals surface area (Å²) in [5.41, 5.74) is 1.85. The molecule has 0 radical (unpaired) electrons. The van der Waals surface area contributed by atoms with Gasteiger partial charge in [0.1, 0.15) is 5.82 Å². The Labute approximate surface area is 175 Å². The first-order valence-electron chi connectivity index (χ1n) is 10.1. The lowest BCUT2D eigenvalue weighted by Gasteiger charge is -2.32. The Morgan fingerprint density at radius 1 is 1.17 bits per heavy atom. The number of carbonyl (C=O) groups excluding carboxylic acids is 1. The van der Waals surface area contributed by atoms with Crippen molar-refractivity contribution in [1.29, 1.82) is 0 Å². The molecule has 1 saturated heterocycles. The number of nitrogens with one attached hydrogen (secondary N) is 1. The zero-order valence-electron chi connectivity index (χ0n) is 17.0. The van der Waals surface area contributed by atoms with Crippen LogP contribution in [0.15, 0.2) is 54.9 Å². The highest BCUT2D eigenvalue weighted by Crippen LogP contribution is 2.21. The molecule has 0 saturated carbocycles. The number of likely N-dealkylation sites (tertiary alicyclic amines) is 1. The van der Waals surface area contributed by atoms with Gasteiger partial charge in [-0.15, -0.1) is 5.10 Å². The van der Waals surface area contributed by atoms with Gasteiger partial charge < -0.3 is 10.2 Å². The van der Waals surface area contributed by atoms with E-state index in [4.69, 9.17) is 0 Å². The fraction of sp³-hybridized carbons (Fsp3) is 0.318. The van der Waals surface area contributed by atoms with Crippen LogP contribution in [0.2, 0.25) is 0 Å². The Kier molecular flexibility index (Phi) is 6.12. The average Bonchev–Trinajstić information content (AvgIpc) is 3.19. The molecule has 8 nitrogen and oxygen atoms in total. The zero-order valence-corrected chi connectivity index (χ0v) is 17.0. The lowest BCUT2D eigenvalue weighted by molar-refractivity contribution is -0.127. The number of hydrogen-bond donors (Lipinski definition) is 1. The van der Waals surface area contributed by atoms with Crippen molar-refractivity contribution in [1.82, 2.24) is 29.9 Å². The summed E-state index contributed by atoms with van der Waals surface area (Å²) in [6.45, 7) is 1.54. The van der Waals surface area contributed by atoms with E-state index in [-0.39, 0.29) is 5.91 Å². The fourth-order valence-electron chi connectivity index (χ4n) is 3.64. The van der Waals surface area contributed by atoms with Gasteiger partial charge in [0.05, 0.1) is 11.4 Å². The van der Waals surface area contributed by atoms with E-state index in [1.54, 1.807) is 23.2 Å². The van der Waals surface area contributed by atoms with E-state index in [0.717, 1.165) is 49.6 Å². The number of pyridine rings is 1. The van der Waals surface area contributed by atoms with Crippen molar-refractivity contribution >= 4 is 23.6 Å². The first-order valence-corrected chi connectivity index (χ1v) is 10.1. The second kappa shape index (κ2) is 9.30. The maximum absolute atomic E-state index is 12.6. The molecule has 0 aromatic carbocycles. The van der Waals surface area contributed by atoms with E-state index >= 15 is 0 Å². The Bertz CT molecular complexity index is 998. The molecule has 8 heteroatoms. The minimum absolute atomic E-state index is 0.0434. The highest BCUT2D eigenvalue weighted by Gasteiger charge is 2.23. The summed E-state index contributed by atoms with van der Waals surface area (Å²) >= 11 is 0. The van der Waals surface area contributed by atoms with Crippen LogP contribution in [0.25, 0.3) is 6.08 Å². The molecule has 3 aromatic rings. The maximum atomic E-state index is 12.6. The largest absolute Gasteiger partial charge is 0.339 e. The van der Waals surface area contributed by atoms with Crippen molar-refractivity contribution < 1.29 is 4.79 Å². The van der Waals surface area contributed by atoms with E-state index in [1.165, 1.54) is 0 Å². The van der Waals surface area contributed by atoms with Crippen LogP contribution in [0, 0.1) is 5.92 Å². The summed E-state index contributed by atoms with van der Waals surface area (Å²) in [4.78, 5) is 18.7. The molecule has 154 valence electrons. The number of aryl methyl sites for hydroxylation is 1. The molecule has 1 unspecified atom stereocenters. The second-order valence-electron chi connectivity index (χ2n) is 7.46. The van der Waals surface area contributed by atoms with Crippen LogP contribution in [0.3, 0.4) is 0 Å². The van der Waals surface area contributed by atoms with Crippen LogP contribution < -0.4 is 5.32 Å². The fourth-order valence-corrected chi connectivity index (χ4v) is 3.64. The molecule has 4 rings (SSSR count). The van der Waals surface area contributed by atoms with Gasteiger partial charge in [-0.1, -0.05) is 6.07 Å². The summed E-state index contributed by atoms with van der Waals surface area (Å²) in [5, 5.41) is 15.9. The summed E-state index contributed by atoms with van der Waals surface area (Å²) in [5.74, 6) is 1.83. The summed E-state index contributed by atoms with van der Waals surface area (Å²) in [6, 6.07) is 11.5. The van der Waals surface area contributed by atoms with Crippen molar-refractivity contribution in [3.05, 3.63) is 66.3 Å². The van der Waals surface area contributed by atoms with Crippen LogP contribution >= 0.6 is 0 Å². The van der Waals surface area contributed by atoms with Crippen molar-refractivity contribution in [3.63, 3.8) is 0 Å². The maximum Gasteiger partial charge on any atom is 0.246 e. The van der Waals surface area contributed by atoms with Gasteiger partial charge in [-0.05, 0) is 61.6 Å². The van der Waals surface area contributed by atoms with Crippen molar-refractivity contribution in [2.45, 2.75) is 19.3 Å². The number of aromatic nitrogens is 5. The predicted octanol–water partition coefficient (Wildman–Crippen LogP) is 2.84. The highest BCUT2D eigenvalue weighted by atomic mass is 16.2. The molecule has 0 aliphatic carbocycles. The number of hydrogen-bond acceptors (Lipinski definition) is 6. The van der Waals surface area contributed by atoms with Crippen LogP contribution in [-0.4, -0.2) is 48.9 Å². The molecule has 1 N–H and O–H groups in total. The highest BCUT2D eigenvalue weighted by molar-refractivity contribution is 5.91. The Hall–Kier alpha value is -3.55. The Morgan fingerprint density at radius 3 is 2.83 bits per heavy atom. The van der Waals surface area contributed by atoms with E-state index in [1.807, 2.05) is 54.4 Å². The lowest BCUT2D eigenvalue weighted by atomic mass is 9.93. The second-order valence-corrected chi connectivity index (χ2v) is 7.46. The van der Waals surface area contributed by atoms with Crippen LogP contribution in [0.5, 0.6) is 0 Å². The summed E-state index contributed by atoms with van der Waals surface area (Å²) < 4.78 is 1.74. The third-order valence-electron chi connectivity index (χ3n) is 5.22. The molecule has 1 atom stereocenters. The number of nitrogens with zero attached hydrogens (tertiary/aromatic N) is 6. The molecule has 30 heavy (non-hydrogen) atoms. The smallest absolute Gasteiger partial charge is 0.246 e. The van der Waals surface area contributed by atoms with Gasteiger partial charge in [0.15, 0.2) is 5.82 Å². The minimum atomic E-state index is 0.0434. The van der Waals surface area contributed by atoms with Gasteiger partial charge in [0.2, 0.25) is 5.91 Å². The molecule has 1 aliphatic heterocycles. The molecule has 1 amide bonds. The molecular weight excluding hydrogens is 378 g/mol. The average molecular weight is 403 g/mol. The first-order chi connectivity index (χ1) is 14.7. The third-order valence-corrected chi connectivity index (χ3v) is 5.22. The lowest BCUT2D eigenvalue weighted by Crippen LogP contribution is -2.39. The minimum Gasteiger partial charge on any atom is -0.339 e. The standard InChI is InChI=1S/C22H25N7O/c1-28-19(11-13-24-28)8-10-22(30)29-14-4-5-17(16-29)15-18-7-9-21(27-26-18)25-20-6-2-3-12-23-20/h2-3,6-13,17H,4-5,14-16H2,1H3,(H,23,25,27)/b10-8+. The van der Waals surface area contributed by atoms with Gasteiger partial charge in [-0.25, -0.2) is 4.98 Å². The Morgan fingerprint density at radius 2 is 2.10 bits per heavy atom. The quantitative estimate of drug-likeness (QED) is 0.637. The van der Waals surface area contributed by atoms with Crippen LogP contribution in [-0.2, 0) is 18.3 Å². The van der Waals surface area contributed by atoms with Crippen molar-refractivity contribution in [2.75, 3.05) is 18.4 Å². The van der Waals surface area contributed by atoms with Gasteiger partial charge in [0.25, 0.3) is 0 Å². The van der Waals surface area contributed by atoms with Gasteiger partial charge in [-0.2, -0.15) is 10.2 Å². The number of anilines is 2. The third kappa shape index (κ3) is 5.08. The van der Waals surface area contributed by atoms with E-state index < -0.39 is 0 Å². The first kappa shape index (κ1) is 19.8. The van der Waals surface area contributed by atoms with Gasteiger partial charge >= 0.3 is 0 Å². The molecule has 0 spiro atoms. The Balaban J connectivity index is 1.32. The van der Waals surface area contributed by atoms with Crippen LogP contribution in [0.4, 0.5) is 11.6 Å². The van der Waals surface area contributed by atoms with Crippen molar-refractivity contribution in [3.8, 4) is 0 Å². The zero-order chi connectivity index (χ0) is 20.8. The van der Waals surface area contributed by atoms with Crippen molar-refractivity contribution in [2.24, 2.45) is 13.0 Å². The molecular formula is C22H25N7O. The van der Waals surface area contributed by atoms with E-state index in [9.17, 15) is 4.79 Å². The van der Waals surface area contributed by atoms with E-state index in [2.05, 4.69) is 25.6 Å². The van der Waals surface area contributed by atoms with Gasteiger partial charge in [-0.3, -0.25) is 9.48 Å². The number of amides is 1. The molecule has 3 aromatic heterocycles. The monoisotopic (exact) mass is 403 g/mol. The molecule has 0 bridgehead atoms. The molecule has 1 fully saturated rings. The normalized spacial score (nSPS) is 16.7. The van der Waals surface area contributed by atoms with Crippen LogP contribution in [0.1, 0.15) is 24.2 Å². The summed E-state index contributed by atoms with van der Waals surface area (Å²) in [6.07, 6.45) is 9.81. The molecule has 4 heterocycles. The number of piperidine rings is 1. The predicted molar refractivity (Wildman–Crippen MR) is 115 cm³/mol. The SMILES string of the molecule is Cn1nccc1/C=C/C(=O)N1CCCC(Cc2ccc(Nc3ccccn3)nn2)C1. The van der Waals surface area contributed by atoms with Gasteiger partial charge in [0, 0.05) is 38.6 Å². The number of carbonyl (C=O) groups is 1. The number of rotatable bonds is 6. The topological polar surface area (TPSA) is 88.8 Å². The van der Waals surface area contributed by atoms with E-state index in [0.29, 0.717) is 11.7 Å².